The molecule has 4 unspecified atom stereocenters. The SMILES string of the molecule is C=Nc1c(/C(=N\COCCC(C)(F)CCOCC2CCCN2)N2CC3CCC(C2)N3)cc(Cl)c(-c2cccc3ccccc23)c1F. The molecule has 0 amide bonds. The Bertz CT molecular complexity index is 1540. The van der Waals surface area contributed by atoms with Crippen molar-refractivity contribution in [1.82, 2.24) is 15.5 Å². The summed E-state index contributed by atoms with van der Waals surface area (Å²) in [5.74, 6) is 0.0164. The lowest BCUT2D eigenvalue weighted by molar-refractivity contribution is 0.0402. The van der Waals surface area contributed by atoms with Crippen LogP contribution in [-0.4, -0.2) is 87.4 Å². The highest BCUT2D eigenvalue weighted by Crippen LogP contribution is 2.42. The quantitative estimate of drug-likeness (QED) is 0.118. The van der Waals surface area contributed by atoms with E-state index < -0.39 is 11.5 Å². The van der Waals surface area contributed by atoms with Crippen LogP contribution < -0.4 is 10.6 Å². The molecule has 0 spiro atoms. The number of likely N-dealkylation sites (tertiary alicyclic amines) is 1. The Morgan fingerprint density at radius 1 is 1.07 bits per heavy atom. The Hall–Kier alpha value is -2.95. The average Bonchev–Trinajstić information content (AvgIpc) is 3.69. The maximum Gasteiger partial charge on any atom is 0.158 e. The van der Waals surface area contributed by atoms with Gasteiger partial charge in [-0.3, -0.25) is 4.99 Å². The number of nitrogens with zero attached hydrogens (tertiary/aromatic N) is 3. The predicted octanol–water partition coefficient (Wildman–Crippen LogP) is 7.07. The van der Waals surface area contributed by atoms with Gasteiger partial charge in [-0.2, -0.15) is 0 Å². The second-order valence-corrected chi connectivity index (χ2v) is 13.4. The van der Waals surface area contributed by atoms with Crippen molar-refractivity contribution in [3.8, 4) is 11.1 Å². The molecular weight excluding hydrogens is 608 g/mol. The fraction of sp³-hybridized carbons (Fsp3) is 0.500. The first-order valence-corrected chi connectivity index (χ1v) is 16.8. The Morgan fingerprint density at radius 2 is 1.80 bits per heavy atom. The summed E-state index contributed by atoms with van der Waals surface area (Å²) in [6.07, 6.45) is 4.94. The smallest absolute Gasteiger partial charge is 0.158 e. The van der Waals surface area contributed by atoms with E-state index in [1.165, 1.54) is 0 Å². The van der Waals surface area contributed by atoms with Crippen molar-refractivity contribution in [2.45, 2.75) is 69.2 Å². The van der Waals surface area contributed by atoms with Crippen LogP contribution >= 0.6 is 11.6 Å². The lowest BCUT2D eigenvalue weighted by atomic mass is 9.95. The van der Waals surface area contributed by atoms with E-state index in [1.807, 2.05) is 42.5 Å². The first-order valence-electron chi connectivity index (χ1n) is 16.4. The van der Waals surface area contributed by atoms with Crippen LogP contribution in [0.1, 0.15) is 51.0 Å². The lowest BCUT2D eigenvalue weighted by Gasteiger charge is -2.35. The molecule has 0 radical (unpaired) electrons. The maximum atomic E-state index is 16.5. The predicted molar refractivity (Wildman–Crippen MR) is 183 cm³/mol. The number of ether oxygens (including phenoxy) is 2. The van der Waals surface area contributed by atoms with Gasteiger partial charge in [0.2, 0.25) is 0 Å². The number of hydrogen-bond acceptors (Lipinski definition) is 6. The number of amidine groups is 1. The Morgan fingerprint density at radius 3 is 2.54 bits per heavy atom. The van der Waals surface area contributed by atoms with Crippen LogP contribution in [0.15, 0.2) is 58.5 Å². The van der Waals surface area contributed by atoms with Crippen LogP contribution in [0.5, 0.6) is 0 Å². The number of rotatable bonds is 13. The molecule has 2 bridgehead atoms. The standard InChI is InChI=1S/C36H44ClF2N5O2/c1-36(39,14-17-45-22-27-9-6-16-41-27)15-18-46-23-42-35(44-20-25-12-13-26(21-44)43-25)30-19-31(37)32(33(38)34(30)40-2)29-11-5-8-24-7-3-4-10-28(24)29/h3-5,7-8,10-11,19,25-27,41,43H,2,6,9,12-18,20-23H2,1H3/b42-35+. The second-order valence-electron chi connectivity index (χ2n) is 13.0. The lowest BCUT2D eigenvalue weighted by Crippen LogP contribution is -2.53. The zero-order valence-corrected chi connectivity index (χ0v) is 27.3. The number of piperazine rings is 1. The highest BCUT2D eigenvalue weighted by Gasteiger charge is 2.35. The van der Waals surface area contributed by atoms with E-state index in [0.717, 1.165) is 56.1 Å². The van der Waals surface area contributed by atoms with Crippen LogP contribution in [0, 0.1) is 5.82 Å². The largest absolute Gasteiger partial charge is 0.380 e. The Labute approximate surface area is 275 Å². The summed E-state index contributed by atoms with van der Waals surface area (Å²) in [6.45, 7) is 8.96. The zero-order chi connectivity index (χ0) is 32.1. The second kappa shape index (κ2) is 14.9. The zero-order valence-electron chi connectivity index (χ0n) is 26.5. The van der Waals surface area contributed by atoms with Gasteiger partial charge >= 0.3 is 0 Å². The van der Waals surface area contributed by atoms with Gasteiger partial charge in [-0.1, -0.05) is 54.1 Å². The summed E-state index contributed by atoms with van der Waals surface area (Å²) < 4.78 is 43.3. The van der Waals surface area contributed by atoms with Crippen LogP contribution in [0.25, 0.3) is 21.9 Å². The van der Waals surface area contributed by atoms with Gasteiger partial charge in [-0.05, 0) is 68.3 Å². The number of aliphatic imine (C=N–C) groups is 2. The minimum Gasteiger partial charge on any atom is -0.380 e. The fourth-order valence-electron chi connectivity index (χ4n) is 6.94. The number of hydrogen-bond donors (Lipinski definition) is 2. The minimum absolute atomic E-state index is 0.00454. The number of alkyl halides is 1. The summed E-state index contributed by atoms with van der Waals surface area (Å²) >= 11 is 6.90. The third-order valence-electron chi connectivity index (χ3n) is 9.49. The molecular formula is C36H44ClF2N5O2. The van der Waals surface area contributed by atoms with Gasteiger partial charge in [-0.25, -0.2) is 13.8 Å². The molecule has 3 saturated heterocycles. The van der Waals surface area contributed by atoms with E-state index in [2.05, 4.69) is 27.2 Å². The van der Waals surface area contributed by atoms with Crippen molar-refractivity contribution in [3.05, 3.63) is 64.9 Å². The third kappa shape index (κ3) is 7.60. The van der Waals surface area contributed by atoms with Crippen LogP contribution in [0.2, 0.25) is 5.02 Å². The van der Waals surface area contributed by atoms with Crippen molar-refractivity contribution in [3.63, 3.8) is 0 Å². The number of nitrogens with one attached hydrogen (secondary N) is 2. The van der Waals surface area contributed by atoms with E-state index in [0.29, 0.717) is 54.7 Å². The molecule has 3 aromatic rings. The van der Waals surface area contributed by atoms with E-state index in [1.54, 1.807) is 13.0 Å². The number of fused-ring (bicyclic) bond motifs is 3. The van der Waals surface area contributed by atoms with Gasteiger partial charge in [0.15, 0.2) is 5.82 Å². The maximum absolute atomic E-state index is 16.5. The van der Waals surface area contributed by atoms with Crippen LogP contribution in [0.3, 0.4) is 0 Å². The Balaban J connectivity index is 1.19. The summed E-state index contributed by atoms with van der Waals surface area (Å²) in [7, 11) is 0. The molecule has 3 heterocycles. The molecule has 0 aliphatic carbocycles. The van der Waals surface area contributed by atoms with E-state index in [4.69, 9.17) is 26.1 Å². The summed E-state index contributed by atoms with van der Waals surface area (Å²) in [4.78, 5) is 11.2. The molecule has 3 aliphatic heterocycles. The van der Waals surface area contributed by atoms with E-state index in [-0.39, 0.29) is 36.0 Å². The normalized spacial score (nSPS) is 22.8. The molecule has 46 heavy (non-hydrogen) atoms. The topological polar surface area (TPSA) is 70.5 Å². The van der Waals surface area contributed by atoms with Gasteiger partial charge < -0.3 is 25.0 Å². The first kappa shape index (κ1) is 33.0. The van der Waals surface area contributed by atoms with Crippen LogP contribution in [-0.2, 0) is 9.47 Å². The van der Waals surface area contributed by atoms with Crippen molar-refractivity contribution < 1.29 is 18.3 Å². The monoisotopic (exact) mass is 651 g/mol. The van der Waals surface area contributed by atoms with Gasteiger partial charge in [0.1, 0.15) is 23.9 Å². The van der Waals surface area contributed by atoms with Crippen LogP contribution in [0.4, 0.5) is 14.5 Å². The average molecular weight is 652 g/mol. The fourth-order valence-corrected chi connectivity index (χ4v) is 7.23. The van der Waals surface area contributed by atoms with Gasteiger partial charge in [0.05, 0.1) is 18.2 Å². The summed E-state index contributed by atoms with van der Waals surface area (Å²) in [5, 5.41) is 9.17. The molecule has 0 saturated carbocycles. The Kier molecular flexibility index (Phi) is 10.7. The van der Waals surface area contributed by atoms with Gasteiger partial charge in [0.25, 0.3) is 0 Å². The van der Waals surface area contributed by atoms with Gasteiger partial charge in [-0.15, -0.1) is 0 Å². The molecule has 3 aromatic carbocycles. The third-order valence-corrected chi connectivity index (χ3v) is 9.79. The molecule has 3 fully saturated rings. The highest BCUT2D eigenvalue weighted by molar-refractivity contribution is 6.34. The molecule has 4 atom stereocenters. The molecule has 6 rings (SSSR count). The first-order chi connectivity index (χ1) is 22.3. The number of benzene rings is 3. The van der Waals surface area contributed by atoms with Crippen molar-refractivity contribution >= 4 is 40.6 Å². The number of halogens is 3. The minimum atomic E-state index is -1.42. The summed E-state index contributed by atoms with van der Waals surface area (Å²) in [5.41, 5.74) is 0.124. The molecule has 3 aliphatic rings. The van der Waals surface area contributed by atoms with Crippen molar-refractivity contribution in [1.29, 1.82) is 0 Å². The molecule has 2 N–H and O–H groups in total. The molecule has 10 heteroatoms. The highest BCUT2D eigenvalue weighted by atomic mass is 35.5. The van der Waals surface area contributed by atoms with E-state index >= 15 is 8.78 Å². The van der Waals surface area contributed by atoms with Crippen molar-refractivity contribution in [2.75, 3.05) is 46.2 Å². The van der Waals surface area contributed by atoms with Crippen molar-refractivity contribution in [2.24, 2.45) is 9.98 Å². The molecule has 0 aromatic heterocycles. The van der Waals surface area contributed by atoms with Gasteiger partial charge in [0, 0.05) is 61.8 Å². The molecule has 246 valence electrons. The van der Waals surface area contributed by atoms with E-state index in [9.17, 15) is 0 Å². The molecule has 7 nitrogen and oxygen atoms in total. The summed E-state index contributed by atoms with van der Waals surface area (Å²) in [6, 6.07) is 16.3.